The van der Waals surface area contributed by atoms with Gasteiger partial charge in [0.1, 0.15) is 0 Å². The van der Waals surface area contributed by atoms with Crippen molar-refractivity contribution in [1.82, 2.24) is 5.32 Å². The van der Waals surface area contributed by atoms with E-state index < -0.39 is 6.09 Å². The largest absolute Gasteiger partial charge is 0.447 e. The lowest BCUT2D eigenvalue weighted by Gasteiger charge is -2.13. The standard InChI is InChI=1S/C7H16N2O2/c1-5(2)11-7(10)9-6(3)4-8/h5-6H,4,8H2,1-3H3,(H,9,10)/t6-/m0/s1. The minimum absolute atomic E-state index is 0.0266. The zero-order valence-electron chi connectivity index (χ0n) is 7.26. The summed E-state index contributed by atoms with van der Waals surface area (Å²) >= 11 is 0. The molecule has 1 amide bonds. The minimum atomic E-state index is -0.405. The Kier molecular flexibility index (Phi) is 4.61. The lowest BCUT2D eigenvalue weighted by molar-refractivity contribution is 0.113. The third kappa shape index (κ3) is 5.66. The summed E-state index contributed by atoms with van der Waals surface area (Å²) in [5.41, 5.74) is 5.28. The number of amides is 1. The van der Waals surface area contributed by atoms with Crippen molar-refractivity contribution in [3.05, 3.63) is 0 Å². The van der Waals surface area contributed by atoms with Crippen molar-refractivity contribution in [3.8, 4) is 0 Å². The molecule has 0 fully saturated rings. The van der Waals surface area contributed by atoms with Gasteiger partial charge in [0.25, 0.3) is 0 Å². The summed E-state index contributed by atoms with van der Waals surface area (Å²) in [6.45, 7) is 5.84. The second-order valence-corrected chi connectivity index (χ2v) is 2.74. The van der Waals surface area contributed by atoms with Crippen molar-refractivity contribution in [2.75, 3.05) is 6.54 Å². The summed E-state index contributed by atoms with van der Waals surface area (Å²) in [4.78, 5) is 10.8. The summed E-state index contributed by atoms with van der Waals surface area (Å²) in [7, 11) is 0. The molecule has 0 aliphatic rings. The molecular formula is C7H16N2O2. The summed E-state index contributed by atoms with van der Waals surface area (Å²) in [6.07, 6.45) is -0.488. The normalized spacial score (nSPS) is 12.8. The van der Waals surface area contributed by atoms with Crippen molar-refractivity contribution in [3.63, 3.8) is 0 Å². The molecule has 3 N–H and O–H groups in total. The van der Waals surface area contributed by atoms with Gasteiger partial charge in [0.05, 0.1) is 6.10 Å². The zero-order valence-corrected chi connectivity index (χ0v) is 7.26. The number of carbonyl (C=O) groups excluding carboxylic acids is 1. The molecule has 0 aliphatic heterocycles. The highest BCUT2D eigenvalue weighted by Crippen LogP contribution is 1.89. The number of ether oxygens (including phenoxy) is 1. The van der Waals surface area contributed by atoms with Gasteiger partial charge in [-0.15, -0.1) is 0 Å². The number of carbonyl (C=O) groups is 1. The van der Waals surface area contributed by atoms with Gasteiger partial charge in [0.2, 0.25) is 0 Å². The molecule has 0 aliphatic carbocycles. The molecule has 0 aromatic carbocycles. The van der Waals surface area contributed by atoms with Gasteiger partial charge >= 0.3 is 6.09 Å². The average Bonchev–Trinajstić information content (AvgIpc) is 1.85. The van der Waals surface area contributed by atoms with Crippen LogP contribution in [0.2, 0.25) is 0 Å². The highest BCUT2D eigenvalue weighted by Gasteiger charge is 2.07. The maximum Gasteiger partial charge on any atom is 0.407 e. The summed E-state index contributed by atoms with van der Waals surface area (Å²) in [5, 5.41) is 2.57. The number of hydrogen-bond donors (Lipinski definition) is 2. The third-order valence-electron chi connectivity index (χ3n) is 1.06. The number of hydrogen-bond acceptors (Lipinski definition) is 3. The molecule has 4 heteroatoms. The molecule has 11 heavy (non-hydrogen) atoms. The minimum Gasteiger partial charge on any atom is -0.447 e. The maximum absolute atomic E-state index is 10.8. The first-order valence-electron chi connectivity index (χ1n) is 3.73. The molecule has 0 unspecified atom stereocenters. The molecule has 0 rings (SSSR count). The highest BCUT2D eigenvalue weighted by atomic mass is 16.6. The first-order valence-corrected chi connectivity index (χ1v) is 3.73. The first kappa shape index (κ1) is 10.2. The Morgan fingerprint density at radius 2 is 2.09 bits per heavy atom. The molecule has 4 nitrogen and oxygen atoms in total. The summed E-state index contributed by atoms with van der Waals surface area (Å²) < 4.78 is 4.82. The number of alkyl carbamates (subject to hydrolysis) is 1. The van der Waals surface area contributed by atoms with Crippen LogP contribution in [0.4, 0.5) is 4.79 Å². The van der Waals surface area contributed by atoms with Crippen LogP contribution in [-0.4, -0.2) is 24.8 Å². The van der Waals surface area contributed by atoms with Crippen LogP contribution in [0, 0.1) is 0 Å². The lowest BCUT2D eigenvalue weighted by atomic mass is 10.3. The Labute approximate surface area is 67.1 Å². The molecule has 1 atom stereocenters. The fourth-order valence-electron chi connectivity index (χ4n) is 0.508. The van der Waals surface area contributed by atoms with Gasteiger partial charge in [-0.2, -0.15) is 0 Å². The highest BCUT2D eigenvalue weighted by molar-refractivity contribution is 5.67. The van der Waals surface area contributed by atoms with E-state index in [1.165, 1.54) is 0 Å². The summed E-state index contributed by atoms with van der Waals surface area (Å²) in [6, 6.07) is -0.0266. The van der Waals surface area contributed by atoms with Crippen molar-refractivity contribution in [2.24, 2.45) is 5.73 Å². The van der Waals surface area contributed by atoms with Crippen LogP contribution in [-0.2, 0) is 4.74 Å². The molecule has 0 aromatic rings. The van der Waals surface area contributed by atoms with Crippen molar-refractivity contribution >= 4 is 6.09 Å². The predicted octanol–water partition coefficient (Wildman–Crippen LogP) is 0.468. The van der Waals surface area contributed by atoms with Crippen LogP contribution in [0.1, 0.15) is 20.8 Å². The SMILES string of the molecule is CC(C)OC(=O)N[C@@H](C)CN. The van der Waals surface area contributed by atoms with Crippen LogP contribution in [0.15, 0.2) is 0 Å². The van der Waals surface area contributed by atoms with Crippen LogP contribution in [0.3, 0.4) is 0 Å². The molecule has 0 heterocycles. The quantitative estimate of drug-likeness (QED) is 0.630. The molecule has 0 aromatic heterocycles. The van der Waals surface area contributed by atoms with Gasteiger partial charge in [-0.25, -0.2) is 4.79 Å². The van der Waals surface area contributed by atoms with E-state index in [1.54, 1.807) is 13.8 Å². The molecule has 0 spiro atoms. The van der Waals surface area contributed by atoms with Gasteiger partial charge in [-0.05, 0) is 20.8 Å². The molecule has 0 radical (unpaired) electrons. The Bertz CT molecular complexity index is 126. The Balaban J connectivity index is 3.52. The molecule has 0 saturated heterocycles. The molecule has 0 bridgehead atoms. The Morgan fingerprint density at radius 1 is 1.55 bits per heavy atom. The Hall–Kier alpha value is -0.770. The lowest BCUT2D eigenvalue weighted by Crippen LogP contribution is -2.38. The monoisotopic (exact) mass is 160 g/mol. The number of rotatable bonds is 3. The van der Waals surface area contributed by atoms with Crippen molar-refractivity contribution in [2.45, 2.75) is 32.9 Å². The van der Waals surface area contributed by atoms with Gasteiger partial charge in [0, 0.05) is 12.6 Å². The van der Waals surface area contributed by atoms with Crippen molar-refractivity contribution in [1.29, 1.82) is 0 Å². The second-order valence-electron chi connectivity index (χ2n) is 2.74. The van der Waals surface area contributed by atoms with E-state index in [4.69, 9.17) is 10.5 Å². The number of nitrogens with two attached hydrogens (primary N) is 1. The third-order valence-corrected chi connectivity index (χ3v) is 1.06. The molecule has 0 saturated carbocycles. The topological polar surface area (TPSA) is 64.3 Å². The van der Waals surface area contributed by atoms with Gasteiger partial charge in [0.15, 0.2) is 0 Å². The fraction of sp³-hybridized carbons (Fsp3) is 0.857. The zero-order chi connectivity index (χ0) is 8.85. The predicted molar refractivity (Wildman–Crippen MR) is 43.3 cm³/mol. The molecule has 66 valence electrons. The van der Waals surface area contributed by atoms with Crippen LogP contribution in [0.25, 0.3) is 0 Å². The van der Waals surface area contributed by atoms with Gasteiger partial charge in [-0.1, -0.05) is 0 Å². The van der Waals surface area contributed by atoms with Crippen LogP contribution >= 0.6 is 0 Å². The van der Waals surface area contributed by atoms with E-state index in [2.05, 4.69) is 5.32 Å². The first-order chi connectivity index (χ1) is 5.06. The van der Waals surface area contributed by atoms with E-state index in [0.29, 0.717) is 6.54 Å². The summed E-state index contributed by atoms with van der Waals surface area (Å²) in [5.74, 6) is 0. The van der Waals surface area contributed by atoms with E-state index in [9.17, 15) is 4.79 Å². The Morgan fingerprint density at radius 3 is 2.45 bits per heavy atom. The average molecular weight is 160 g/mol. The van der Waals surface area contributed by atoms with E-state index in [0.717, 1.165) is 0 Å². The van der Waals surface area contributed by atoms with Crippen molar-refractivity contribution < 1.29 is 9.53 Å². The van der Waals surface area contributed by atoms with Gasteiger partial charge < -0.3 is 15.8 Å². The van der Waals surface area contributed by atoms with E-state index in [-0.39, 0.29) is 12.1 Å². The van der Waals surface area contributed by atoms with E-state index >= 15 is 0 Å². The van der Waals surface area contributed by atoms with E-state index in [1.807, 2.05) is 6.92 Å². The maximum atomic E-state index is 10.8. The van der Waals surface area contributed by atoms with Crippen LogP contribution in [0.5, 0.6) is 0 Å². The number of nitrogens with one attached hydrogen (secondary N) is 1. The fourth-order valence-corrected chi connectivity index (χ4v) is 0.508. The second kappa shape index (κ2) is 4.96. The molecular weight excluding hydrogens is 144 g/mol. The van der Waals surface area contributed by atoms with Crippen LogP contribution < -0.4 is 11.1 Å². The van der Waals surface area contributed by atoms with Gasteiger partial charge in [-0.3, -0.25) is 0 Å². The smallest absolute Gasteiger partial charge is 0.407 e.